The molecule has 0 unspecified atom stereocenters. The first-order valence-corrected chi connectivity index (χ1v) is 6.22. The quantitative estimate of drug-likeness (QED) is 0.823. The van der Waals surface area contributed by atoms with E-state index in [1.54, 1.807) is 6.07 Å². The van der Waals surface area contributed by atoms with E-state index in [1.165, 1.54) is 18.2 Å². The maximum absolute atomic E-state index is 12.9. The Hall–Kier alpha value is -2.56. The number of carbonyl (C=O) groups is 1. The topological polar surface area (TPSA) is 50.4 Å². The molecule has 0 atom stereocenters. The summed E-state index contributed by atoms with van der Waals surface area (Å²) in [5.74, 6) is 0.357. The molecule has 0 aromatic heterocycles. The zero-order valence-corrected chi connectivity index (χ0v) is 10.8. The smallest absolute Gasteiger partial charge is 0.319 e. The lowest BCUT2D eigenvalue weighted by atomic mass is 10.3. The Bertz CT molecular complexity index is 561. The van der Waals surface area contributed by atoms with Crippen LogP contribution in [-0.2, 0) is 0 Å². The Morgan fingerprint density at radius 2 is 1.90 bits per heavy atom. The number of hydrogen-bond acceptors (Lipinski definition) is 2. The van der Waals surface area contributed by atoms with Gasteiger partial charge in [-0.2, -0.15) is 0 Å². The molecule has 5 heteroatoms. The monoisotopic (exact) mass is 274 g/mol. The second-order valence-electron chi connectivity index (χ2n) is 4.05. The van der Waals surface area contributed by atoms with E-state index in [4.69, 9.17) is 4.74 Å². The van der Waals surface area contributed by atoms with Crippen molar-refractivity contribution in [3.05, 3.63) is 60.4 Å². The van der Waals surface area contributed by atoms with Crippen LogP contribution in [0.25, 0.3) is 0 Å². The fourth-order valence-electron chi connectivity index (χ4n) is 1.59. The number of halogens is 1. The predicted octanol–water partition coefficient (Wildman–Crippen LogP) is 3.03. The van der Waals surface area contributed by atoms with Gasteiger partial charge in [0.1, 0.15) is 18.2 Å². The molecule has 0 spiro atoms. The van der Waals surface area contributed by atoms with Gasteiger partial charge in [0, 0.05) is 5.69 Å². The minimum atomic E-state index is -0.396. The second kappa shape index (κ2) is 7.13. The van der Waals surface area contributed by atoms with Crippen molar-refractivity contribution in [2.24, 2.45) is 0 Å². The minimum absolute atomic E-state index is 0.357. The average molecular weight is 274 g/mol. The van der Waals surface area contributed by atoms with E-state index in [0.29, 0.717) is 18.8 Å². The molecule has 0 aliphatic rings. The van der Waals surface area contributed by atoms with E-state index >= 15 is 0 Å². The van der Waals surface area contributed by atoms with Gasteiger partial charge in [0.25, 0.3) is 0 Å². The van der Waals surface area contributed by atoms with Gasteiger partial charge in [0.15, 0.2) is 0 Å². The van der Waals surface area contributed by atoms with Gasteiger partial charge in [-0.15, -0.1) is 0 Å². The maximum atomic E-state index is 12.9. The molecule has 2 N–H and O–H groups in total. The Balaban J connectivity index is 1.68. The van der Waals surface area contributed by atoms with Crippen molar-refractivity contribution < 1.29 is 13.9 Å². The van der Waals surface area contributed by atoms with Crippen LogP contribution in [0.2, 0.25) is 0 Å². The summed E-state index contributed by atoms with van der Waals surface area (Å²) in [5, 5.41) is 5.16. The number of urea groups is 1. The molecular weight excluding hydrogens is 259 g/mol. The highest BCUT2D eigenvalue weighted by atomic mass is 19.1. The Labute approximate surface area is 116 Å². The third kappa shape index (κ3) is 4.61. The average Bonchev–Trinajstić information content (AvgIpc) is 2.45. The number of amides is 2. The zero-order valence-electron chi connectivity index (χ0n) is 10.8. The lowest BCUT2D eigenvalue weighted by Gasteiger charge is -2.09. The first-order valence-electron chi connectivity index (χ1n) is 6.22. The highest BCUT2D eigenvalue weighted by Gasteiger charge is 2.01. The molecule has 0 heterocycles. The van der Waals surface area contributed by atoms with E-state index in [1.807, 2.05) is 30.3 Å². The number of ether oxygens (including phenoxy) is 1. The summed E-state index contributed by atoms with van der Waals surface area (Å²) in [7, 11) is 0. The van der Waals surface area contributed by atoms with Gasteiger partial charge in [-0.3, -0.25) is 0 Å². The van der Waals surface area contributed by atoms with Crippen molar-refractivity contribution in [3.8, 4) is 5.75 Å². The summed E-state index contributed by atoms with van der Waals surface area (Å²) in [4.78, 5) is 11.5. The number of hydrogen-bond donors (Lipinski definition) is 2. The summed E-state index contributed by atoms with van der Waals surface area (Å²) in [6, 6.07) is 14.6. The van der Waals surface area contributed by atoms with Crippen LogP contribution >= 0.6 is 0 Å². The summed E-state index contributed by atoms with van der Waals surface area (Å²) < 4.78 is 18.3. The fraction of sp³-hybridized carbons (Fsp3) is 0.133. The molecule has 0 bridgehead atoms. The summed E-state index contributed by atoms with van der Waals surface area (Å²) in [5.41, 5.74) is 0.409. The third-order valence-electron chi connectivity index (χ3n) is 2.48. The van der Waals surface area contributed by atoms with Crippen molar-refractivity contribution in [1.29, 1.82) is 0 Å². The first-order chi connectivity index (χ1) is 9.74. The Kier molecular flexibility index (Phi) is 4.94. The van der Waals surface area contributed by atoms with E-state index in [2.05, 4.69) is 10.6 Å². The molecule has 20 heavy (non-hydrogen) atoms. The van der Waals surface area contributed by atoms with Gasteiger partial charge >= 0.3 is 6.03 Å². The minimum Gasteiger partial charge on any atom is -0.492 e. The molecular formula is C15H15FN2O2. The number of benzene rings is 2. The van der Waals surface area contributed by atoms with E-state index in [0.717, 1.165) is 5.75 Å². The van der Waals surface area contributed by atoms with Crippen LogP contribution in [0.1, 0.15) is 0 Å². The SMILES string of the molecule is O=C(NCCOc1ccccc1)Nc1cccc(F)c1. The Morgan fingerprint density at radius 1 is 1.10 bits per heavy atom. The van der Waals surface area contributed by atoms with Gasteiger partial charge in [0.05, 0.1) is 6.54 Å². The molecule has 2 rings (SSSR count). The molecule has 0 fully saturated rings. The number of anilines is 1. The van der Waals surface area contributed by atoms with Gasteiger partial charge in [-0.25, -0.2) is 9.18 Å². The van der Waals surface area contributed by atoms with Crippen LogP contribution in [-0.4, -0.2) is 19.2 Å². The van der Waals surface area contributed by atoms with Crippen molar-refractivity contribution >= 4 is 11.7 Å². The van der Waals surface area contributed by atoms with E-state index in [-0.39, 0.29) is 0 Å². The number of rotatable bonds is 5. The Morgan fingerprint density at radius 3 is 2.65 bits per heavy atom. The molecule has 2 aromatic rings. The summed E-state index contributed by atoms with van der Waals surface area (Å²) in [6.07, 6.45) is 0. The van der Waals surface area contributed by atoms with Gasteiger partial charge in [-0.05, 0) is 30.3 Å². The van der Waals surface area contributed by atoms with E-state index in [9.17, 15) is 9.18 Å². The van der Waals surface area contributed by atoms with Gasteiger partial charge in [0.2, 0.25) is 0 Å². The van der Waals surface area contributed by atoms with Crippen molar-refractivity contribution in [1.82, 2.24) is 5.32 Å². The molecule has 104 valence electrons. The van der Waals surface area contributed by atoms with Crippen molar-refractivity contribution in [2.45, 2.75) is 0 Å². The molecule has 0 saturated heterocycles. The van der Waals surface area contributed by atoms with Gasteiger partial charge < -0.3 is 15.4 Å². The summed E-state index contributed by atoms with van der Waals surface area (Å²) in [6.45, 7) is 0.719. The predicted molar refractivity (Wildman–Crippen MR) is 75.4 cm³/mol. The lowest BCUT2D eigenvalue weighted by Crippen LogP contribution is -2.32. The molecule has 4 nitrogen and oxygen atoms in total. The molecule has 2 aromatic carbocycles. The molecule has 2 amide bonds. The van der Waals surface area contributed by atoms with Crippen LogP contribution in [0.4, 0.5) is 14.9 Å². The molecule has 0 aliphatic carbocycles. The number of carbonyl (C=O) groups excluding carboxylic acids is 1. The highest BCUT2D eigenvalue weighted by Crippen LogP contribution is 2.09. The maximum Gasteiger partial charge on any atom is 0.319 e. The second-order valence-corrected chi connectivity index (χ2v) is 4.05. The van der Waals surface area contributed by atoms with Crippen LogP contribution in [0.5, 0.6) is 5.75 Å². The number of para-hydroxylation sites is 1. The largest absolute Gasteiger partial charge is 0.492 e. The van der Waals surface area contributed by atoms with Crippen LogP contribution in [0, 0.1) is 5.82 Å². The fourth-order valence-corrected chi connectivity index (χ4v) is 1.59. The molecule has 0 saturated carbocycles. The van der Waals surface area contributed by atoms with Crippen LogP contribution in [0.15, 0.2) is 54.6 Å². The lowest BCUT2D eigenvalue weighted by molar-refractivity contribution is 0.247. The van der Waals surface area contributed by atoms with Crippen molar-refractivity contribution in [3.63, 3.8) is 0 Å². The first kappa shape index (κ1) is 13.9. The van der Waals surface area contributed by atoms with Crippen LogP contribution < -0.4 is 15.4 Å². The summed E-state index contributed by atoms with van der Waals surface area (Å²) >= 11 is 0. The van der Waals surface area contributed by atoms with Crippen molar-refractivity contribution in [2.75, 3.05) is 18.5 Å². The zero-order chi connectivity index (χ0) is 14.2. The van der Waals surface area contributed by atoms with Crippen LogP contribution in [0.3, 0.4) is 0 Å². The normalized spacial score (nSPS) is 9.85. The molecule has 0 radical (unpaired) electrons. The van der Waals surface area contributed by atoms with Gasteiger partial charge in [-0.1, -0.05) is 24.3 Å². The third-order valence-corrected chi connectivity index (χ3v) is 2.48. The van der Waals surface area contributed by atoms with E-state index < -0.39 is 11.8 Å². The standard InChI is InChI=1S/C15H15FN2O2/c16-12-5-4-6-13(11-12)18-15(19)17-9-10-20-14-7-2-1-3-8-14/h1-8,11H,9-10H2,(H2,17,18,19). The number of nitrogens with one attached hydrogen (secondary N) is 2. The molecule has 0 aliphatic heterocycles. The highest BCUT2D eigenvalue weighted by molar-refractivity contribution is 5.89.